The summed E-state index contributed by atoms with van der Waals surface area (Å²) in [5, 5.41) is 11.2. The summed E-state index contributed by atoms with van der Waals surface area (Å²) in [7, 11) is 0. The Morgan fingerprint density at radius 1 is 1.05 bits per heavy atom. The number of benzene rings is 1. The van der Waals surface area contributed by atoms with E-state index in [9.17, 15) is 4.79 Å². The van der Waals surface area contributed by atoms with E-state index in [1.807, 2.05) is 11.0 Å². The second-order valence-corrected chi connectivity index (χ2v) is 11.1. The van der Waals surface area contributed by atoms with Crippen LogP contribution in [0.1, 0.15) is 72.2 Å². The third kappa shape index (κ3) is 3.55. The summed E-state index contributed by atoms with van der Waals surface area (Å²) in [6, 6.07) is 5.29. The van der Waals surface area contributed by atoms with Crippen molar-refractivity contribution in [1.82, 2.24) is 44.6 Å². The molecule has 8 rings (SSSR count). The van der Waals surface area contributed by atoms with Gasteiger partial charge in [0, 0.05) is 41.5 Å². The molecule has 6 heterocycles. The molecule has 1 amide bonds. The maximum Gasteiger partial charge on any atom is 0.291 e. The molecule has 0 spiro atoms. The number of fused-ring (bicyclic) bond motifs is 3. The van der Waals surface area contributed by atoms with E-state index >= 15 is 4.39 Å². The van der Waals surface area contributed by atoms with Gasteiger partial charge in [0.25, 0.3) is 5.91 Å². The van der Waals surface area contributed by atoms with Gasteiger partial charge in [-0.3, -0.25) is 9.89 Å². The van der Waals surface area contributed by atoms with Gasteiger partial charge in [0.1, 0.15) is 23.8 Å². The summed E-state index contributed by atoms with van der Waals surface area (Å²) in [5.74, 6) is 1.43. The highest BCUT2D eigenvalue weighted by molar-refractivity contribution is 5.91. The number of piperidine rings is 1. The molecule has 40 heavy (non-hydrogen) atoms. The molecule has 2 unspecified atom stereocenters. The van der Waals surface area contributed by atoms with E-state index in [1.165, 1.54) is 12.4 Å². The third-order valence-corrected chi connectivity index (χ3v) is 8.74. The fraction of sp³-hybridized carbons (Fsp3) is 0.357. The molecule has 2 bridgehead atoms. The third-order valence-electron chi connectivity index (χ3n) is 8.74. The molecular formula is C28H27FN10O. The topological polar surface area (TPSA) is 147 Å². The number of aromatic nitrogens is 8. The number of carbonyl (C=O) groups is 1. The number of aromatic amines is 2. The first-order valence-electron chi connectivity index (χ1n) is 13.7. The van der Waals surface area contributed by atoms with Crippen molar-refractivity contribution in [3.8, 4) is 22.5 Å². The number of nitrogens with zero attached hydrogens (tertiary/aromatic N) is 7. The van der Waals surface area contributed by atoms with Crippen molar-refractivity contribution in [3.05, 3.63) is 66.0 Å². The Bertz CT molecular complexity index is 1730. The van der Waals surface area contributed by atoms with Gasteiger partial charge in [0.2, 0.25) is 5.82 Å². The minimum Gasteiger partial charge on any atom is -0.383 e. The lowest BCUT2D eigenvalue weighted by Gasteiger charge is -2.39. The average Bonchev–Trinajstić information content (AvgIpc) is 3.37. The van der Waals surface area contributed by atoms with Crippen molar-refractivity contribution < 1.29 is 9.18 Å². The quantitative estimate of drug-likeness (QED) is 0.306. The average molecular weight is 539 g/mol. The van der Waals surface area contributed by atoms with Crippen LogP contribution in [0.5, 0.6) is 0 Å². The summed E-state index contributed by atoms with van der Waals surface area (Å²) >= 11 is 0. The van der Waals surface area contributed by atoms with Crippen LogP contribution in [-0.4, -0.2) is 62.6 Å². The number of nitrogen functional groups attached to an aromatic ring is 1. The molecular weight excluding hydrogens is 511 g/mol. The standard InChI is InChI=1S/C28H27FN10O/c29-21-11-15(3-6-19(21)25-31-7-8-32-25)20-12-35-39-24(30)22(14-1-2-14)23(36-27(20)39)16-9-17-4-5-18(10-16)38(17)28(40)26-33-13-34-37-26/h3,6-8,11-14,16-18H,1-2,4-5,9-10,30H2,(H,31,32)(H,33,34,37)/t16?,17-,18?/m1/s1. The number of imidazole rings is 1. The Morgan fingerprint density at radius 2 is 1.88 bits per heavy atom. The Hall–Kier alpha value is -4.61. The van der Waals surface area contributed by atoms with Gasteiger partial charge >= 0.3 is 0 Å². The molecule has 3 fully saturated rings. The van der Waals surface area contributed by atoms with E-state index in [0.717, 1.165) is 55.3 Å². The molecule has 12 heteroatoms. The highest BCUT2D eigenvalue weighted by Crippen LogP contribution is 2.50. The Balaban J connectivity index is 1.18. The van der Waals surface area contributed by atoms with Crippen molar-refractivity contribution in [2.45, 2.75) is 62.4 Å². The lowest BCUT2D eigenvalue weighted by molar-refractivity contribution is 0.0557. The van der Waals surface area contributed by atoms with Crippen molar-refractivity contribution in [2.24, 2.45) is 0 Å². The van der Waals surface area contributed by atoms with Gasteiger partial charge < -0.3 is 15.6 Å². The van der Waals surface area contributed by atoms with Crippen LogP contribution in [0.4, 0.5) is 10.2 Å². The summed E-state index contributed by atoms with van der Waals surface area (Å²) < 4.78 is 16.9. The number of hydrogen-bond donors (Lipinski definition) is 3. The largest absolute Gasteiger partial charge is 0.383 e. The van der Waals surface area contributed by atoms with E-state index in [0.29, 0.717) is 34.3 Å². The molecule has 3 aliphatic rings. The number of nitrogens with one attached hydrogen (secondary N) is 2. The van der Waals surface area contributed by atoms with E-state index in [1.54, 1.807) is 29.2 Å². The van der Waals surface area contributed by atoms with E-state index in [2.05, 4.69) is 30.2 Å². The highest BCUT2D eigenvalue weighted by Gasteiger charge is 2.46. The number of hydrogen-bond acceptors (Lipinski definition) is 7. The van der Waals surface area contributed by atoms with Gasteiger partial charge in [-0.05, 0) is 62.1 Å². The molecule has 1 saturated carbocycles. The number of H-pyrrole nitrogens is 2. The maximum absolute atomic E-state index is 15.2. The van der Waals surface area contributed by atoms with Gasteiger partial charge in [-0.1, -0.05) is 6.07 Å². The molecule has 4 N–H and O–H groups in total. The highest BCUT2D eigenvalue weighted by atomic mass is 19.1. The van der Waals surface area contributed by atoms with Crippen molar-refractivity contribution in [3.63, 3.8) is 0 Å². The fourth-order valence-corrected chi connectivity index (χ4v) is 6.80. The zero-order valence-electron chi connectivity index (χ0n) is 21.6. The second kappa shape index (κ2) is 8.70. The lowest BCUT2D eigenvalue weighted by Crippen LogP contribution is -2.46. The maximum atomic E-state index is 15.2. The van der Waals surface area contributed by atoms with Crippen molar-refractivity contribution in [1.29, 1.82) is 0 Å². The molecule has 11 nitrogen and oxygen atoms in total. The number of amides is 1. The molecule has 0 radical (unpaired) electrons. The van der Waals surface area contributed by atoms with Crippen LogP contribution in [0.3, 0.4) is 0 Å². The summed E-state index contributed by atoms with van der Waals surface area (Å²) in [6.45, 7) is 0. The van der Waals surface area contributed by atoms with Crippen LogP contribution < -0.4 is 5.73 Å². The molecule has 5 aromatic rings. The van der Waals surface area contributed by atoms with E-state index < -0.39 is 0 Å². The Kier molecular flexibility index (Phi) is 5.07. The minimum absolute atomic E-state index is 0.0908. The molecule has 2 aliphatic heterocycles. The zero-order valence-corrected chi connectivity index (χ0v) is 21.6. The van der Waals surface area contributed by atoms with Crippen molar-refractivity contribution in [2.75, 3.05) is 5.73 Å². The van der Waals surface area contributed by atoms with Gasteiger partial charge in [0.15, 0.2) is 5.65 Å². The number of nitrogens with two attached hydrogens (primary N) is 1. The smallest absolute Gasteiger partial charge is 0.291 e. The molecule has 2 saturated heterocycles. The Morgan fingerprint density at radius 3 is 2.55 bits per heavy atom. The van der Waals surface area contributed by atoms with E-state index in [4.69, 9.17) is 10.7 Å². The first kappa shape index (κ1) is 23.3. The normalized spacial score (nSPS) is 22.3. The van der Waals surface area contributed by atoms with Crippen LogP contribution in [-0.2, 0) is 0 Å². The summed E-state index contributed by atoms with van der Waals surface area (Å²) in [5.41, 5.74) is 11.3. The first-order valence-corrected chi connectivity index (χ1v) is 13.7. The van der Waals surface area contributed by atoms with Crippen LogP contribution in [0.2, 0.25) is 0 Å². The molecule has 1 aromatic carbocycles. The van der Waals surface area contributed by atoms with Gasteiger partial charge in [0.05, 0.1) is 17.5 Å². The number of carbonyl (C=O) groups excluding carboxylic acids is 1. The molecule has 4 aromatic heterocycles. The van der Waals surface area contributed by atoms with Crippen molar-refractivity contribution >= 4 is 17.4 Å². The SMILES string of the molecule is Nc1c(C2CC2)c(C2CC3CC[C@H](C2)N3C(=O)c2ncn[nH]2)nc2c(-c3ccc(-c4ncc[nH]4)c(F)c3)cnn12. The minimum atomic E-state index is -0.380. The van der Waals surface area contributed by atoms with E-state index in [-0.39, 0.29) is 35.6 Å². The fourth-order valence-electron chi connectivity index (χ4n) is 6.80. The van der Waals surface area contributed by atoms with Crippen LogP contribution in [0.25, 0.3) is 28.2 Å². The molecule has 202 valence electrons. The van der Waals surface area contributed by atoms with Gasteiger partial charge in [-0.25, -0.2) is 19.3 Å². The van der Waals surface area contributed by atoms with Crippen LogP contribution in [0, 0.1) is 5.82 Å². The second-order valence-electron chi connectivity index (χ2n) is 11.1. The summed E-state index contributed by atoms with van der Waals surface area (Å²) in [4.78, 5) is 31.6. The number of anilines is 1. The Labute approximate surface area is 228 Å². The van der Waals surface area contributed by atoms with Crippen LogP contribution in [0.15, 0.2) is 43.1 Å². The molecule has 1 aliphatic carbocycles. The number of rotatable bonds is 5. The molecule has 3 atom stereocenters. The van der Waals surface area contributed by atoms with Gasteiger partial charge in [-0.15, -0.1) is 0 Å². The summed E-state index contributed by atoms with van der Waals surface area (Å²) in [6.07, 6.45) is 12.0. The predicted molar refractivity (Wildman–Crippen MR) is 144 cm³/mol. The predicted octanol–water partition coefficient (Wildman–Crippen LogP) is 4.05. The first-order chi connectivity index (χ1) is 19.6. The number of halogens is 1. The zero-order chi connectivity index (χ0) is 27.0. The monoisotopic (exact) mass is 538 g/mol. The van der Waals surface area contributed by atoms with Crippen LogP contribution >= 0.6 is 0 Å². The lowest BCUT2D eigenvalue weighted by atomic mass is 9.85. The van der Waals surface area contributed by atoms with Gasteiger partial charge in [-0.2, -0.15) is 14.7 Å².